The lowest BCUT2D eigenvalue weighted by molar-refractivity contribution is -0.0440. The van der Waals surface area contributed by atoms with Gasteiger partial charge < -0.3 is 14.5 Å². The van der Waals surface area contributed by atoms with Gasteiger partial charge in [-0.25, -0.2) is 8.42 Å². The summed E-state index contributed by atoms with van der Waals surface area (Å²) in [6, 6.07) is 6.37. The number of sulfonamides is 1. The van der Waals surface area contributed by atoms with E-state index in [0.717, 1.165) is 19.6 Å². The summed E-state index contributed by atoms with van der Waals surface area (Å²) in [5, 5.41) is 0. The van der Waals surface area contributed by atoms with Gasteiger partial charge in [0.25, 0.3) is 5.91 Å². The van der Waals surface area contributed by atoms with Crippen LogP contribution in [-0.2, 0) is 14.8 Å². The second-order valence-electron chi connectivity index (χ2n) is 7.88. The topological polar surface area (TPSA) is 70.2 Å². The molecule has 3 rings (SSSR count). The Morgan fingerprint density at radius 2 is 1.82 bits per heavy atom. The average Bonchev–Trinajstić information content (AvgIpc) is 3.18. The first-order valence-corrected chi connectivity index (χ1v) is 11.4. The molecule has 0 N–H and O–H groups in total. The number of ether oxygens (including phenoxy) is 1. The van der Waals surface area contributed by atoms with Crippen LogP contribution in [0.4, 0.5) is 0 Å². The van der Waals surface area contributed by atoms with E-state index in [9.17, 15) is 13.2 Å². The van der Waals surface area contributed by atoms with Gasteiger partial charge in [-0.3, -0.25) is 4.79 Å². The van der Waals surface area contributed by atoms with Crippen LogP contribution in [0.25, 0.3) is 0 Å². The molecule has 1 aromatic carbocycles. The number of carbonyl (C=O) groups excluding carboxylic acids is 1. The Hall–Kier alpha value is -1.48. The van der Waals surface area contributed by atoms with Crippen LogP contribution in [0.1, 0.15) is 37.0 Å². The van der Waals surface area contributed by atoms with Gasteiger partial charge in [0, 0.05) is 38.8 Å². The molecule has 28 heavy (non-hydrogen) atoms. The van der Waals surface area contributed by atoms with Crippen molar-refractivity contribution in [3.63, 3.8) is 0 Å². The Balaban J connectivity index is 1.70. The van der Waals surface area contributed by atoms with Gasteiger partial charge in [0.1, 0.15) is 0 Å². The fourth-order valence-electron chi connectivity index (χ4n) is 3.89. The summed E-state index contributed by atoms with van der Waals surface area (Å²) in [4.78, 5) is 17.0. The van der Waals surface area contributed by atoms with Gasteiger partial charge in [-0.1, -0.05) is 6.07 Å². The highest BCUT2D eigenvalue weighted by atomic mass is 32.2. The molecule has 0 spiro atoms. The number of rotatable bonds is 6. The van der Waals surface area contributed by atoms with Crippen molar-refractivity contribution in [2.45, 2.75) is 43.8 Å². The lowest BCUT2D eigenvalue weighted by atomic mass is 10.2. The Morgan fingerprint density at radius 1 is 1.18 bits per heavy atom. The summed E-state index contributed by atoms with van der Waals surface area (Å²) < 4.78 is 33.2. The number of morpholine rings is 1. The molecule has 7 nitrogen and oxygen atoms in total. The summed E-state index contributed by atoms with van der Waals surface area (Å²) >= 11 is 0. The largest absolute Gasteiger partial charge is 0.373 e. The number of carbonyl (C=O) groups is 1. The number of hydrogen-bond acceptors (Lipinski definition) is 5. The molecule has 2 aliphatic rings. The summed E-state index contributed by atoms with van der Waals surface area (Å²) in [5.74, 6) is -0.153. The molecule has 1 amide bonds. The first-order chi connectivity index (χ1) is 13.3. The maximum atomic E-state index is 13.1. The van der Waals surface area contributed by atoms with Crippen LogP contribution in [0, 0.1) is 0 Å². The fourth-order valence-corrected chi connectivity index (χ4v) is 5.52. The molecule has 156 valence electrons. The number of benzene rings is 1. The Morgan fingerprint density at radius 3 is 2.46 bits per heavy atom. The third-order valence-electron chi connectivity index (χ3n) is 5.40. The van der Waals surface area contributed by atoms with Crippen LogP contribution in [0.15, 0.2) is 29.2 Å². The van der Waals surface area contributed by atoms with Crippen molar-refractivity contribution in [3.8, 4) is 0 Å². The van der Waals surface area contributed by atoms with E-state index in [-0.39, 0.29) is 23.0 Å². The van der Waals surface area contributed by atoms with Gasteiger partial charge in [0.2, 0.25) is 10.0 Å². The van der Waals surface area contributed by atoms with Crippen molar-refractivity contribution in [2.24, 2.45) is 0 Å². The Kier molecular flexibility index (Phi) is 6.75. The summed E-state index contributed by atoms with van der Waals surface area (Å²) in [6.07, 6.45) is 2.13. The zero-order chi connectivity index (χ0) is 20.3. The number of nitrogens with zero attached hydrogens (tertiary/aromatic N) is 3. The number of likely N-dealkylation sites (N-methyl/N-ethyl adjacent to an activating group) is 1. The summed E-state index contributed by atoms with van der Waals surface area (Å²) in [5.41, 5.74) is 0.402. The molecule has 0 aromatic heterocycles. The molecule has 2 atom stereocenters. The minimum Gasteiger partial charge on any atom is -0.373 e. The molecule has 8 heteroatoms. The van der Waals surface area contributed by atoms with Gasteiger partial charge in [-0.15, -0.1) is 0 Å². The van der Waals surface area contributed by atoms with E-state index in [4.69, 9.17) is 4.74 Å². The predicted molar refractivity (Wildman–Crippen MR) is 108 cm³/mol. The van der Waals surface area contributed by atoms with Crippen LogP contribution < -0.4 is 0 Å². The Bertz CT molecular complexity index is 782. The molecule has 2 heterocycles. The SMILES string of the molecule is CC1CN(S(=O)(=O)c2cccc(C(=O)N(C)CCN3CCCC3)c2)CC(C)O1. The van der Waals surface area contributed by atoms with E-state index in [2.05, 4.69) is 4.90 Å². The molecule has 2 aliphatic heterocycles. The number of amides is 1. The highest BCUT2D eigenvalue weighted by Crippen LogP contribution is 2.22. The summed E-state index contributed by atoms with van der Waals surface area (Å²) in [6.45, 7) is 8.04. The molecule has 2 saturated heterocycles. The third kappa shape index (κ3) is 4.92. The van der Waals surface area contributed by atoms with Gasteiger partial charge in [0.15, 0.2) is 0 Å². The van der Waals surface area contributed by atoms with Crippen molar-refractivity contribution in [1.82, 2.24) is 14.1 Å². The first kappa shape index (κ1) is 21.2. The summed E-state index contributed by atoms with van der Waals surface area (Å²) in [7, 11) is -1.89. The van der Waals surface area contributed by atoms with Gasteiger partial charge in [-0.2, -0.15) is 4.31 Å². The van der Waals surface area contributed by atoms with E-state index >= 15 is 0 Å². The monoisotopic (exact) mass is 409 g/mol. The van der Waals surface area contributed by atoms with Crippen LogP contribution in [-0.4, -0.2) is 87.0 Å². The van der Waals surface area contributed by atoms with Crippen molar-refractivity contribution >= 4 is 15.9 Å². The molecule has 0 aliphatic carbocycles. The third-order valence-corrected chi connectivity index (χ3v) is 7.23. The van der Waals surface area contributed by atoms with Crippen molar-refractivity contribution in [2.75, 3.05) is 46.3 Å². The number of likely N-dealkylation sites (tertiary alicyclic amines) is 1. The highest BCUT2D eigenvalue weighted by molar-refractivity contribution is 7.89. The van der Waals surface area contributed by atoms with E-state index in [1.807, 2.05) is 13.8 Å². The number of hydrogen-bond donors (Lipinski definition) is 0. The maximum Gasteiger partial charge on any atom is 0.253 e. The predicted octanol–water partition coefficient (Wildman–Crippen LogP) is 1.65. The van der Waals surface area contributed by atoms with Gasteiger partial charge >= 0.3 is 0 Å². The second-order valence-corrected chi connectivity index (χ2v) is 9.82. The molecular formula is C20H31N3O4S. The first-order valence-electron chi connectivity index (χ1n) is 10.0. The minimum atomic E-state index is -3.66. The molecule has 0 saturated carbocycles. The van der Waals surface area contributed by atoms with Crippen molar-refractivity contribution in [1.29, 1.82) is 0 Å². The van der Waals surface area contributed by atoms with E-state index in [0.29, 0.717) is 25.2 Å². The Labute approximate surface area is 168 Å². The molecule has 0 bridgehead atoms. The van der Waals surface area contributed by atoms with Crippen LogP contribution in [0.3, 0.4) is 0 Å². The normalized spacial score (nSPS) is 24.4. The lowest BCUT2D eigenvalue weighted by Crippen LogP contribution is -2.48. The second kappa shape index (κ2) is 8.90. The average molecular weight is 410 g/mol. The van der Waals surface area contributed by atoms with Crippen molar-refractivity contribution in [3.05, 3.63) is 29.8 Å². The quantitative estimate of drug-likeness (QED) is 0.715. The van der Waals surface area contributed by atoms with Crippen molar-refractivity contribution < 1.29 is 17.9 Å². The zero-order valence-corrected chi connectivity index (χ0v) is 17.8. The van der Waals surface area contributed by atoms with Gasteiger partial charge in [0.05, 0.1) is 17.1 Å². The standard InChI is InChI=1S/C20H31N3O4S/c1-16-14-23(15-17(2)27-16)28(25,26)19-8-6-7-18(13-19)20(24)21(3)11-12-22-9-4-5-10-22/h6-8,13,16-17H,4-5,9-12,14-15H2,1-3H3. The smallest absolute Gasteiger partial charge is 0.253 e. The molecular weight excluding hydrogens is 378 g/mol. The highest BCUT2D eigenvalue weighted by Gasteiger charge is 2.32. The van der Waals surface area contributed by atoms with E-state index < -0.39 is 10.0 Å². The molecule has 0 radical (unpaired) electrons. The minimum absolute atomic E-state index is 0.153. The van der Waals surface area contributed by atoms with Gasteiger partial charge in [-0.05, 0) is 58.0 Å². The molecule has 1 aromatic rings. The van der Waals surface area contributed by atoms with Crippen LogP contribution in [0.2, 0.25) is 0 Å². The lowest BCUT2D eigenvalue weighted by Gasteiger charge is -2.34. The van der Waals surface area contributed by atoms with Crippen LogP contribution in [0.5, 0.6) is 0 Å². The maximum absolute atomic E-state index is 13.1. The van der Waals surface area contributed by atoms with E-state index in [1.54, 1.807) is 30.1 Å². The van der Waals surface area contributed by atoms with Crippen LogP contribution >= 0.6 is 0 Å². The zero-order valence-electron chi connectivity index (χ0n) is 17.0. The molecule has 2 fully saturated rings. The van der Waals surface area contributed by atoms with E-state index in [1.165, 1.54) is 23.2 Å². The fraction of sp³-hybridized carbons (Fsp3) is 0.650. The molecule has 2 unspecified atom stereocenters.